The SMILES string of the molecule is COCCOC(=O)C1=C(C)N(Cc2ccc(C(=O)O)cc2)C(=O)N[C@H]1c1c(F)cccc1Cl. The molecule has 2 aromatic rings. The molecule has 10 heteroatoms. The average molecular weight is 477 g/mol. The van der Waals surface area contributed by atoms with Gasteiger partial charge in [-0.15, -0.1) is 0 Å². The van der Waals surface area contributed by atoms with Gasteiger partial charge >= 0.3 is 18.0 Å². The first-order valence-corrected chi connectivity index (χ1v) is 10.3. The fourth-order valence-corrected chi connectivity index (χ4v) is 3.74. The van der Waals surface area contributed by atoms with Crippen molar-refractivity contribution in [1.82, 2.24) is 10.2 Å². The van der Waals surface area contributed by atoms with E-state index in [2.05, 4.69) is 5.32 Å². The van der Waals surface area contributed by atoms with Crippen molar-refractivity contribution in [2.75, 3.05) is 20.3 Å². The van der Waals surface area contributed by atoms with Crippen LogP contribution in [0.5, 0.6) is 0 Å². The van der Waals surface area contributed by atoms with Gasteiger partial charge in [0.25, 0.3) is 0 Å². The van der Waals surface area contributed by atoms with E-state index in [9.17, 15) is 18.8 Å². The molecule has 2 amide bonds. The number of hydrogen-bond donors (Lipinski definition) is 2. The minimum Gasteiger partial charge on any atom is -0.478 e. The summed E-state index contributed by atoms with van der Waals surface area (Å²) in [5.41, 5.74) is 0.971. The molecule has 0 fully saturated rings. The van der Waals surface area contributed by atoms with Gasteiger partial charge in [-0.25, -0.2) is 18.8 Å². The van der Waals surface area contributed by atoms with Crippen LogP contribution in [0.15, 0.2) is 53.7 Å². The number of carboxylic acids is 1. The third-order valence-electron chi connectivity index (χ3n) is 5.17. The van der Waals surface area contributed by atoms with E-state index >= 15 is 0 Å². The van der Waals surface area contributed by atoms with E-state index in [1.165, 1.54) is 42.3 Å². The molecule has 1 aliphatic heterocycles. The lowest BCUT2D eigenvalue weighted by molar-refractivity contribution is -0.140. The highest BCUT2D eigenvalue weighted by molar-refractivity contribution is 6.31. The molecule has 0 aliphatic carbocycles. The number of carboxylic acid groups (broad SMARTS) is 1. The summed E-state index contributed by atoms with van der Waals surface area (Å²) < 4.78 is 24.9. The van der Waals surface area contributed by atoms with Crippen molar-refractivity contribution in [3.05, 3.63) is 81.3 Å². The van der Waals surface area contributed by atoms with Crippen molar-refractivity contribution in [2.45, 2.75) is 19.5 Å². The van der Waals surface area contributed by atoms with Crippen LogP contribution in [-0.2, 0) is 20.8 Å². The predicted octanol–water partition coefficient (Wildman–Crippen LogP) is 3.91. The number of esters is 1. The largest absolute Gasteiger partial charge is 0.478 e. The van der Waals surface area contributed by atoms with E-state index in [0.29, 0.717) is 5.56 Å². The second-order valence-electron chi connectivity index (χ2n) is 7.23. The van der Waals surface area contributed by atoms with Gasteiger partial charge in [-0.3, -0.25) is 4.90 Å². The predicted molar refractivity (Wildman–Crippen MR) is 117 cm³/mol. The van der Waals surface area contributed by atoms with Crippen molar-refractivity contribution >= 4 is 29.6 Å². The fraction of sp³-hybridized carbons (Fsp3) is 0.261. The number of halogens is 2. The number of carbonyl (C=O) groups excluding carboxylic acids is 2. The van der Waals surface area contributed by atoms with Crippen molar-refractivity contribution < 1.29 is 33.4 Å². The average Bonchev–Trinajstić information content (AvgIpc) is 2.77. The van der Waals surface area contributed by atoms with E-state index in [0.717, 1.165) is 0 Å². The zero-order chi connectivity index (χ0) is 24.1. The van der Waals surface area contributed by atoms with Gasteiger partial charge in [0.2, 0.25) is 0 Å². The number of nitrogens with one attached hydrogen (secondary N) is 1. The molecule has 8 nitrogen and oxygen atoms in total. The van der Waals surface area contributed by atoms with Crippen LogP contribution in [0.2, 0.25) is 5.02 Å². The number of amides is 2. The fourth-order valence-electron chi connectivity index (χ4n) is 3.47. The quantitative estimate of drug-likeness (QED) is 0.442. The highest BCUT2D eigenvalue weighted by Crippen LogP contribution is 2.36. The maximum atomic E-state index is 14.7. The summed E-state index contributed by atoms with van der Waals surface area (Å²) in [6.45, 7) is 1.73. The van der Waals surface area contributed by atoms with Crippen molar-refractivity contribution in [3.63, 3.8) is 0 Å². The van der Waals surface area contributed by atoms with Crippen LogP contribution in [0.4, 0.5) is 9.18 Å². The van der Waals surface area contributed by atoms with Crippen LogP contribution in [0.1, 0.15) is 34.5 Å². The minimum atomic E-state index is -1.16. The first-order chi connectivity index (χ1) is 15.7. The van der Waals surface area contributed by atoms with E-state index in [1.54, 1.807) is 19.1 Å². The summed E-state index contributed by atoms with van der Waals surface area (Å²) in [7, 11) is 1.46. The van der Waals surface area contributed by atoms with Gasteiger partial charge in [-0.1, -0.05) is 29.8 Å². The summed E-state index contributed by atoms with van der Waals surface area (Å²) in [6, 6.07) is 8.31. The van der Waals surface area contributed by atoms with E-state index in [-0.39, 0.29) is 47.2 Å². The molecule has 0 spiro atoms. The Morgan fingerprint density at radius 1 is 1.18 bits per heavy atom. The van der Waals surface area contributed by atoms with Gasteiger partial charge in [0.05, 0.1) is 30.3 Å². The topological polar surface area (TPSA) is 105 Å². The molecule has 0 saturated carbocycles. The molecule has 2 aromatic carbocycles. The van der Waals surface area contributed by atoms with Gasteiger partial charge in [0.1, 0.15) is 12.4 Å². The van der Waals surface area contributed by atoms with E-state index < -0.39 is 29.8 Å². The molecule has 3 rings (SSSR count). The maximum absolute atomic E-state index is 14.7. The van der Waals surface area contributed by atoms with Crippen LogP contribution in [0, 0.1) is 5.82 Å². The number of methoxy groups -OCH3 is 1. The molecule has 1 atom stereocenters. The first kappa shape index (κ1) is 24.2. The maximum Gasteiger partial charge on any atom is 0.338 e. The Labute approximate surface area is 194 Å². The Kier molecular flexibility index (Phi) is 7.67. The minimum absolute atomic E-state index is 0.0276. The molecule has 174 valence electrons. The van der Waals surface area contributed by atoms with Crippen LogP contribution in [-0.4, -0.2) is 48.3 Å². The molecule has 0 unspecified atom stereocenters. The van der Waals surface area contributed by atoms with E-state index in [4.69, 9.17) is 26.2 Å². The third kappa shape index (κ3) is 5.32. The monoisotopic (exact) mass is 476 g/mol. The summed E-state index contributed by atoms with van der Waals surface area (Å²) in [5.74, 6) is -2.50. The molecule has 33 heavy (non-hydrogen) atoms. The Morgan fingerprint density at radius 3 is 2.48 bits per heavy atom. The highest BCUT2D eigenvalue weighted by atomic mass is 35.5. The molecular weight excluding hydrogens is 455 g/mol. The lowest BCUT2D eigenvalue weighted by atomic mass is 9.94. The van der Waals surface area contributed by atoms with Gasteiger partial charge in [-0.05, 0) is 36.8 Å². The van der Waals surface area contributed by atoms with Crippen LogP contribution in [0.3, 0.4) is 0 Å². The summed E-state index contributed by atoms with van der Waals surface area (Å²) >= 11 is 6.21. The smallest absolute Gasteiger partial charge is 0.338 e. The number of aromatic carboxylic acids is 1. The third-order valence-corrected chi connectivity index (χ3v) is 5.50. The summed E-state index contributed by atoms with van der Waals surface area (Å²) in [4.78, 5) is 38.3. The van der Waals surface area contributed by atoms with Crippen LogP contribution >= 0.6 is 11.6 Å². The lowest BCUT2D eigenvalue weighted by Crippen LogP contribution is -2.48. The molecular formula is C23H22ClFN2O6. The van der Waals surface area contributed by atoms with Gasteiger partial charge in [0.15, 0.2) is 0 Å². The molecule has 1 heterocycles. The number of rotatable bonds is 8. The van der Waals surface area contributed by atoms with Gasteiger partial charge in [-0.2, -0.15) is 0 Å². The van der Waals surface area contributed by atoms with Crippen molar-refractivity contribution in [1.29, 1.82) is 0 Å². The number of ether oxygens (including phenoxy) is 2. The van der Waals surface area contributed by atoms with Crippen LogP contribution in [0.25, 0.3) is 0 Å². The summed E-state index contributed by atoms with van der Waals surface area (Å²) in [6.07, 6.45) is 0. The van der Waals surface area contributed by atoms with Crippen molar-refractivity contribution in [2.24, 2.45) is 0 Å². The molecule has 0 bridgehead atoms. The molecule has 0 saturated heterocycles. The zero-order valence-electron chi connectivity index (χ0n) is 17.9. The lowest BCUT2D eigenvalue weighted by Gasteiger charge is -2.35. The first-order valence-electron chi connectivity index (χ1n) is 9.95. The van der Waals surface area contributed by atoms with Gasteiger partial charge < -0.3 is 19.9 Å². The Bertz CT molecular complexity index is 1080. The Hall–Kier alpha value is -3.43. The zero-order valence-corrected chi connectivity index (χ0v) is 18.7. The second kappa shape index (κ2) is 10.5. The molecule has 0 aromatic heterocycles. The number of nitrogens with zero attached hydrogens (tertiary/aromatic N) is 1. The number of carbonyl (C=O) groups is 3. The van der Waals surface area contributed by atoms with Crippen molar-refractivity contribution in [3.8, 4) is 0 Å². The Balaban J connectivity index is 2.01. The standard InChI is InChI=1S/C23H22ClFN2O6/c1-13-18(22(30)33-11-10-32-2)20(19-16(24)4-3-5-17(19)25)26-23(31)27(13)12-14-6-8-15(9-7-14)21(28)29/h3-9,20H,10-12H2,1-2H3,(H,26,31)(H,28,29)/t20-/m1/s1. The number of urea groups is 1. The highest BCUT2D eigenvalue weighted by Gasteiger charge is 2.38. The number of hydrogen-bond acceptors (Lipinski definition) is 5. The van der Waals surface area contributed by atoms with E-state index in [1.807, 2.05) is 0 Å². The van der Waals surface area contributed by atoms with Crippen LogP contribution < -0.4 is 5.32 Å². The Morgan fingerprint density at radius 2 is 1.88 bits per heavy atom. The van der Waals surface area contributed by atoms with Gasteiger partial charge in [0, 0.05) is 23.4 Å². The number of benzene rings is 2. The second-order valence-corrected chi connectivity index (χ2v) is 7.64. The number of allylic oxidation sites excluding steroid dienone is 1. The molecule has 0 radical (unpaired) electrons. The molecule has 2 N–H and O–H groups in total. The normalized spacial score (nSPS) is 15.9. The molecule has 1 aliphatic rings. The summed E-state index contributed by atoms with van der Waals surface area (Å²) in [5, 5.41) is 11.8.